The van der Waals surface area contributed by atoms with Gasteiger partial charge in [0.1, 0.15) is 17.0 Å². The first-order valence-corrected chi connectivity index (χ1v) is 12.4. The van der Waals surface area contributed by atoms with Gasteiger partial charge in [0.2, 0.25) is 5.91 Å². The normalized spacial score (nSPS) is 24.4. The summed E-state index contributed by atoms with van der Waals surface area (Å²) in [4.78, 5) is 13.5. The van der Waals surface area contributed by atoms with E-state index in [1.54, 1.807) is 0 Å². The van der Waals surface area contributed by atoms with Crippen LogP contribution in [0.5, 0.6) is 0 Å². The Kier molecular flexibility index (Phi) is 8.07. The highest BCUT2D eigenvalue weighted by molar-refractivity contribution is 6.31. The van der Waals surface area contributed by atoms with E-state index in [2.05, 4.69) is 16.7 Å². The summed E-state index contributed by atoms with van der Waals surface area (Å²) in [7, 11) is 0. The van der Waals surface area contributed by atoms with Crippen molar-refractivity contribution in [3.05, 3.63) is 69.2 Å². The van der Waals surface area contributed by atoms with Crippen LogP contribution < -0.4 is 10.6 Å². The first kappa shape index (κ1) is 28.3. The van der Waals surface area contributed by atoms with E-state index < -0.39 is 46.6 Å². The predicted molar refractivity (Wildman–Crippen MR) is 137 cm³/mol. The van der Waals surface area contributed by atoms with E-state index in [0.29, 0.717) is 6.42 Å². The number of benzene rings is 2. The lowest BCUT2D eigenvalue weighted by Crippen LogP contribution is -2.49. The van der Waals surface area contributed by atoms with Gasteiger partial charge in [-0.15, -0.1) is 0 Å². The number of nitrogens with zero attached hydrogens (tertiary/aromatic N) is 1. The number of amides is 1. The molecule has 9 heteroatoms. The molecule has 0 saturated carbocycles. The third-order valence-electron chi connectivity index (χ3n) is 6.43. The lowest BCUT2D eigenvalue weighted by molar-refractivity contribution is -0.124. The standard InChI is InChI=1S/C27H31Cl2F2N3O2/c1-25(2,3)12-20-27(13-32,17-10-9-15(28)11-19(17)30)21(16-7-6-8-18(29)22(16)31)23(34-20)24(35)33-14-26(4,5)36/h6-11,20-21,23,34,36H,12,14H2,1-5H3,(H,33,35). The molecule has 0 bridgehead atoms. The minimum Gasteiger partial charge on any atom is -0.389 e. The molecular weight excluding hydrogens is 507 g/mol. The summed E-state index contributed by atoms with van der Waals surface area (Å²) in [5.74, 6) is -3.20. The molecule has 0 spiro atoms. The molecule has 4 unspecified atom stereocenters. The van der Waals surface area contributed by atoms with E-state index in [1.807, 2.05) is 20.8 Å². The molecule has 36 heavy (non-hydrogen) atoms. The molecule has 0 aromatic heterocycles. The summed E-state index contributed by atoms with van der Waals surface area (Å²) in [5, 5.41) is 26.8. The van der Waals surface area contributed by atoms with Gasteiger partial charge in [-0.25, -0.2) is 8.78 Å². The molecule has 1 fully saturated rings. The highest BCUT2D eigenvalue weighted by atomic mass is 35.5. The Morgan fingerprint density at radius 1 is 1.19 bits per heavy atom. The van der Waals surface area contributed by atoms with E-state index in [-0.39, 0.29) is 33.1 Å². The van der Waals surface area contributed by atoms with Crippen LogP contribution in [0.2, 0.25) is 10.0 Å². The molecule has 1 aliphatic rings. The van der Waals surface area contributed by atoms with Crippen LogP contribution in [0.1, 0.15) is 58.1 Å². The van der Waals surface area contributed by atoms with Crippen molar-refractivity contribution in [2.75, 3.05) is 6.54 Å². The maximum absolute atomic E-state index is 15.5. The first-order valence-electron chi connectivity index (χ1n) is 11.7. The predicted octanol–water partition coefficient (Wildman–Crippen LogP) is 5.48. The second-order valence-electron chi connectivity index (χ2n) is 11.2. The summed E-state index contributed by atoms with van der Waals surface area (Å²) in [6.07, 6.45) is 0.372. The smallest absolute Gasteiger partial charge is 0.237 e. The molecule has 4 atom stereocenters. The Hall–Kier alpha value is -2.24. The highest BCUT2D eigenvalue weighted by Gasteiger charge is 2.61. The number of hydrogen-bond donors (Lipinski definition) is 3. The molecule has 5 nitrogen and oxygen atoms in total. The Bertz CT molecular complexity index is 1190. The molecule has 3 N–H and O–H groups in total. The molecule has 2 aromatic rings. The molecule has 0 aliphatic carbocycles. The van der Waals surface area contributed by atoms with Crippen molar-refractivity contribution in [2.45, 2.75) is 70.1 Å². The van der Waals surface area contributed by atoms with Gasteiger partial charge in [0.15, 0.2) is 0 Å². The number of aliphatic hydroxyl groups is 1. The van der Waals surface area contributed by atoms with Crippen LogP contribution in [0, 0.1) is 28.4 Å². The maximum atomic E-state index is 15.5. The van der Waals surface area contributed by atoms with E-state index in [1.165, 1.54) is 44.2 Å². The van der Waals surface area contributed by atoms with Crippen LogP contribution in [0.3, 0.4) is 0 Å². The fourth-order valence-corrected chi connectivity index (χ4v) is 5.31. The van der Waals surface area contributed by atoms with Gasteiger partial charge in [-0.2, -0.15) is 5.26 Å². The molecule has 194 valence electrons. The van der Waals surface area contributed by atoms with E-state index in [4.69, 9.17) is 23.2 Å². The van der Waals surface area contributed by atoms with Crippen molar-refractivity contribution in [1.82, 2.24) is 10.6 Å². The minimum atomic E-state index is -1.69. The van der Waals surface area contributed by atoms with Crippen LogP contribution in [0.4, 0.5) is 8.78 Å². The third-order valence-corrected chi connectivity index (χ3v) is 6.95. The topological polar surface area (TPSA) is 85.2 Å². The van der Waals surface area contributed by atoms with Gasteiger partial charge in [-0.05, 0) is 49.4 Å². The van der Waals surface area contributed by atoms with E-state index in [0.717, 1.165) is 6.07 Å². The van der Waals surface area contributed by atoms with Gasteiger partial charge < -0.3 is 15.7 Å². The summed E-state index contributed by atoms with van der Waals surface area (Å²) in [6, 6.07) is 8.80. The molecule has 1 amide bonds. The monoisotopic (exact) mass is 537 g/mol. The van der Waals surface area contributed by atoms with Crippen LogP contribution in [-0.4, -0.2) is 35.2 Å². The Morgan fingerprint density at radius 3 is 2.42 bits per heavy atom. The second-order valence-corrected chi connectivity index (χ2v) is 12.1. The van der Waals surface area contributed by atoms with Crippen molar-refractivity contribution in [1.29, 1.82) is 5.26 Å². The molecule has 0 radical (unpaired) electrons. The van der Waals surface area contributed by atoms with Crippen molar-refractivity contribution >= 4 is 29.1 Å². The quantitative estimate of drug-likeness (QED) is 0.455. The highest BCUT2D eigenvalue weighted by Crippen LogP contribution is 2.52. The van der Waals surface area contributed by atoms with Crippen LogP contribution in [-0.2, 0) is 10.2 Å². The molecule has 3 rings (SSSR count). The van der Waals surface area contributed by atoms with Gasteiger partial charge in [0.05, 0.1) is 22.7 Å². The zero-order valence-corrected chi connectivity index (χ0v) is 22.4. The number of carbonyl (C=O) groups is 1. The number of carbonyl (C=O) groups excluding carboxylic acids is 1. The van der Waals surface area contributed by atoms with Crippen LogP contribution in [0.15, 0.2) is 36.4 Å². The Balaban J connectivity index is 2.31. The van der Waals surface area contributed by atoms with Gasteiger partial charge in [0, 0.05) is 29.1 Å². The molecular formula is C27H31Cl2F2N3O2. The largest absolute Gasteiger partial charge is 0.389 e. The first-order chi connectivity index (χ1) is 16.6. The zero-order chi connectivity index (χ0) is 27.1. The van der Waals surface area contributed by atoms with E-state index >= 15 is 8.78 Å². The number of nitrogens with one attached hydrogen (secondary N) is 2. The fourth-order valence-electron chi connectivity index (χ4n) is 4.97. The van der Waals surface area contributed by atoms with Gasteiger partial charge in [-0.1, -0.05) is 62.2 Å². The summed E-state index contributed by atoms with van der Waals surface area (Å²) in [5.41, 5.74) is -3.20. The number of nitriles is 1. The van der Waals surface area contributed by atoms with Crippen molar-refractivity contribution in [2.24, 2.45) is 5.41 Å². The number of rotatable bonds is 6. The van der Waals surface area contributed by atoms with Crippen LogP contribution >= 0.6 is 23.2 Å². The SMILES string of the molecule is CC(C)(C)CC1NC(C(=O)NCC(C)(C)O)C(c2cccc(Cl)c2F)C1(C#N)c1ccc(Cl)cc1F. The van der Waals surface area contributed by atoms with Crippen LogP contribution in [0.25, 0.3) is 0 Å². The summed E-state index contributed by atoms with van der Waals surface area (Å²) in [6.45, 7) is 8.89. The van der Waals surface area contributed by atoms with Crippen molar-refractivity contribution in [3.8, 4) is 6.07 Å². The van der Waals surface area contributed by atoms with Gasteiger partial charge >= 0.3 is 0 Å². The van der Waals surface area contributed by atoms with E-state index in [9.17, 15) is 15.2 Å². The fraction of sp³-hybridized carbons (Fsp3) is 0.481. The van der Waals surface area contributed by atoms with Crippen molar-refractivity contribution < 1.29 is 18.7 Å². The van der Waals surface area contributed by atoms with Crippen molar-refractivity contribution in [3.63, 3.8) is 0 Å². The molecule has 1 heterocycles. The average molecular weight is 538 g/mol. The van der Waals surface area contributed by atoms with Gasteiger partial charge in [0.25, 0.3) is 0 Å². The zero-order valence-electron chi connectivity index (χ0n) is 20.9. The maximum Gasteiger partial charge on any atom is 0.237 e. The Labute approximate surface area is 220 Å². The average Bonchev–Trinajstić information content (AvgIpc) is 3.06. The Morgan fingerprint density at radius 2 is 1.86 bits per heavy atom. The number of halogens is 4. The lowest BCUT2D eigenvalue weighted by Gasteiger charge is -2.37. The summed E-state index contributed by atoms with van der Waals surface area (Å²) >= 11 is 12.1. The molecule has 2 aromatic carbocycles. The summed E-state index contributed by atoms with van der Waals surface area (Å²) < 4.78 is 31.1. The minimum absolute atomic E-state index is 0.0123. The van der Waals surface area contributed by atoms with Gasteiger partial charge in [-0.3, -0.25) is 4.79 Å². The molecule has 1 aliphatic heterocycles. The molecule has 1 saturated heterocycles. The number of hydrogen-bond acceptors (Lipinski definition) is 4. The second kappa shape index (κ2) is 10.3. The third kappa shape index (κ3) is 5.68. The lowest BCUT2D eigenvalue weighted by atomic mass is 9.62.